The molecule has 1 saturated heterocycles. The number of morpholine rings is 1. The van der Waals surface area contributed by atoms with Gasteiger partial charge >= 0.3 is 0 Å². The van der Waals surface area contributed by atoms with Crippen molar-refractivity contribution in [3.8, 4) is 11.8 Å². The van der Waals surface area contributed by atoms with Gasteiger partial charge in [-0.15, -0.1) is 10.2 Å². The quantitative estimate of drug-likeness (QED) is 0.568. The molecule has 1 aromatic carbocycles. The second-order valence-corrected chi connectivity index (χ2v) is 7.91. The summed E-state index contributed by atoms with van der Waals surface area (Å²) >= 11 is 0. The van der Waals surface area contributed by atoms with Gasteiger partial charge in [-0.1, -0.05) is 0 Å². The number of hydrogen-bond acceptors (Lipinski definition) is 11. The van der Waals surface area contributed by atoms with E-state index >= 15 is 0 Å². The third-order valence-electron chi connectivity index (χ3n) is 5.73. The van der Waals surface area contributed by atoms with Crippen LogP contribution in [-0.2, 0) is 9.47 Å². The predicted molar refractivity (Wildman–Crippen MR) is 127 cm³/mol. The van der Waals surface area contributed by atoms with Gasteiger partial charge in [0.1, 0.15) is 24.2 Å². The first-order valence-corrected chi connectivity index (χ1v) is 11.1. The summed E-state index contributed by atoms with van der Waals surface area (Å²) in [6.45, 7) is 4.45. The fraction of sp³-hybridized carbons (Fsp3) is 0.409. The molecule has 0 aliphatic carbocycles. The fourth-order valence-electron chi connectivity index (χ4n) is 4.07. The fourth-order valence-corrected chi connectivity index (χ4v) is 4.07. The molecule has 3 aliphatic heterocycles. The molecule has 5 rings (SSSR count). The number of anilines is 2. The van der Waals surface area contributed by atoms with Crippen LogP contribution in [0.4, 0.5) is 11.4 Å². The highest BCUT2D eigenvalue weighted by Crippen LogP contribution is 2.29. The highest BCUT2D eigenvalue weighted by atomic mass is 16.5. The molecule has 2 N–H and O–H groups in total. The number of rotatable bonds is 7. The maximum atomic E-state index is 9.54. The monoisotopic (exact) mass is 462 g/mol. The third kappa shape index (κ3) is 4.43. The Bertz CT molecular complexity index is 1140. The van der Waals surface area contributed by atoms with Crippen molar-refractivity contribution in [3.63, 3.8) is 0 Å². The molecule has 1 aromatic heterocycles. The summed E-state index contributed by atoms with van der Waals surface area (Å²) in [5, 5.41) is 22.7. The van der Waals surface area contributed by atoms with E-state index in [1.54, 1.807) is 24.8 Å². The Balaban J connectivity index is 1.44. The molecule has 12 nitrogen and oxygen atoms in total. The molecule has 1 fully saturated rings. The average molecular weight is 463 g/mol. The van der Waals surface area contributed by atoms with Gasteiger partial charge in [-0.2, -0.15) is 5.26 Å². The van der Waals surface area contributed by atoms with E-state index in [1.165, 1.54) is 0 Å². The largest absolute Gasteiger partial charge is 0.383 e. The summed E-state index contributed by atoms with van der Waals surface area (Å²) in [6, 6.07) is 8.05. The average Bonchev–Trinajstić information content (AvgIpc) is 3.55. The molecular weight excluding hydrogens is 436 g/mol. The minimum absolute atomic E-state index is 0.398. The molecule has 12 heteroatoms. The van der Waals surface area contributed by atoms with Gasteiger partial charge in [0.2, 0.25) is 0 Å². The second kappa shape index (κ2) is 9.90. The van der Waals surface area contributed by atoms with Gasteiger partial charge in [-0.05, 0) is 18.2 Å². The van der Waals surface area contributed by atoms with Crippen LogP contribution in [0.2, 0.25) is 0 Å². The minimum atomic E-state index is -0.399. The SMILES string of the molecule is COCCN=C1C=C(Nc2ccc(N3CCOCC3)c(-n3cnnc3)c2)NN2C1=NCC2C#N. The zero-order valence-corrected chi connectivity index (χ0v) is 18.9. The van der Waals surface area contributed by atoms with Crippen molar-refractivity contribution >= 4 is 22.9 Å². The highest BCUT2D eigenvalue weighted by Gasteiger charge is 2.34. The molecule has 0 radical (unpaired) electrons. The van der Waals surface area contributed by atoms with E-state index in [-0.39, 0.29) is 0 Å². The van der Waals surface area contributed by atoms with Gasteiger partial charge in [0, 0.05) is 32.0 Å². The van der Waals surface area contributed by atoms with Crippen molar-refractivity contribution in [1.82, 2.24) is 25.2 Å². The van der Waals surface area contributed by atoms with Crippen LogP contribution in [0.3, 0.4) is 0 Å². The number of nitrogens with zero attached hydrogens (tertiary/aromatic N) is 8. The van der Waals surface area contributed by atoms with Crippen LogP contribution in [-0.4, -0.2) is 90.5 Å². The van der Waals surface area contributed by atoms with Crippen molar-refractivity contribution in [1.29, 1.82) is 5.26 Å². The highest BCUT2D eigenvalue weighted by molar-refractivity contribution is 6.46. The lowest BCUT2D eigenvalue weighted by Crippen LogP contribution is -2.52. The first-order chi connectivity index (χ1) is 16.8. The number of methoxy groups -OCH3 is 1. The number of benzene rings is 1. The lowest BCUT2D eigenvalue weighted by Gasteiger charge is -2.32. The smallest absolute Gasteiger partial charge is 0.169 e. The number of hydrazine groups is 1. The molecule has 1 unspecified atom stereocenters. The summed E-state index contributed by atoms with van der Waals surface area (Å²) in [4.78, 5) is 11.4. The van der Waals surface area contributed by atoms with Crippen molar-refractivity contribution < 1.29 is 9.47 Å². The molecule has 0 amide bonds. The van der Waals surface area contributed by atoms with Gasteiger partial charge in [-0.25, -0.2) is 5.01 Å². The van der Waals surface area contributed by atoms with Gasteiger partial charge in [0.25, 0.3) is 0 Å². The van der Waals surface area contributed by atoms with Gasteiger partial charge in [0.05, 0.1) is 50.4 Å². The summed E-state index contributed by atoms with van der Waals surface area (Å²) in [5.41, 5.74) is 6.89. The Morgan fingerprint density at radius 2 is 2.09 bits per heavy atom. The van der Waals surface area contributed by atoms with E-state index < -0.39 is 6.04 Å². The first kappa shape index (κ1) is 21.9. The van der Waals surface area contributed by atoms with Crippen molar-refractivity contribution in [3.05, 3.63) is 42.8 Å². The van der Waals surface area contributed by atoms with Gasteiger partial charge in [0.15, 0.2) is 11.9 Å². The molecule has 3 aliphatic rings. The number of ether oxygens (including phenoxy) is 2. The molecule has 4 heterocycles. The Morgan fingerprint density at radius 3 is 2.85 bits per heavy atom. The van der Waals surface area contributed by atoms with E-state index in [9.17, 15) is 5.26 Å². The van der Waals surface area contributed by atoms with E-state index in [0.717, 1.165) is 30.2 Å². The molecule has 1 atom stereocenters. The Kier molecular flexibility index (Phi) is 6.37. The second-order valence-electron chi connectivity index (χ2n) is 7.91. The van der Waals surface area contributed by atoms with Gasteiger partial charge in [-0.3, -0.25) is 20.0 Å². The van der Waals surface area contributed by atoms with Crippen LogP contribution in [0.15, 0.2) is 52.7 Å². The van der Waals surface area contributed by atoms with Crippen molar-refractivity contribution in [2.75, 3.05) is 63.3 Å². The number of fused-ring (bicyclic) bond motifs is 1. The van der Waals surface area contributed by atoms with E-state index in [0.29, 0.717) is 50.3 Å². The summed E-state index contributed by atoms with van der Waals surface area (Å²) < 4.78 is 12.5. The Labute approximate surface area is 197 Å². The van der Waals surface area contributed by atoms with E-state index in [2.05, 4.69) is 48.0 Å². The maximum Gasteiger partial charge on any atom is 0.169 e. The Morgan fingerprint density at radius 1 is 1.26 bits per heavy atom. The molecule has 2 aromatic rings. The van der Waals surface area contributed by atoms with Gasteiger partial charge < -0.3 is 19.7 Å². The van der Waals surface area contributed by atoms with Crippen molar-refractivity contribution in [2.24, 2.45) is 9.98 Å². The zero-order chi connectivity index (χ0) is 23.3. The van der Waals surface area contributed by atoms with E-state index in [1.807, 2.05) is 22.8 Å². The third-order valence-corrected chi connectivity index (χ3v) is 5.73. The summed E-state index contributed by atoms with van der Waals surface area (Å²) in [6.07, 6.45) is 5.28. The minimum Gasteiger partial charge on any atom is -0.383 e. The lowest BCUT2D eigenvalue weighted by molar-refractivity contribution is 0.122. The Hall–Kier alpha value is -3.95. The lowest BCUT2D eigenvalue weighted by atomic mass is 10.2. The number of nitrogens with one attached hydrogen (secondary N) is 2. The maximum absolute atomic E-state index is 9.54. The number of nitriles is 1. The van der Waals surface area contributed by atoms with Crippen LogP contribution >= 0.6 is 0 Å². The standard InChI is InChI=1S/C22H26N10O2/c1-33-7-4-24-18-11-21(29-32-17(12-23)13-25-22(18)32)28-16-2-3-19(30-5-8-34-9-6-30)20(10-16)31-14-26-27-15-31/h2-3,10-11,14-15,17,28-29H,4-9,13H2,1H3. The number of amidine groups is 1. The van der Waals surface area contributed by atoms with Crippen LogP contribution in [0, 0.1) is 11.3 Å². The topological polar surface area (TPSA) is 128 Å². The predicted octanol–water partition coefficient (Wildman–Crippen LogP) is 0.569. The van der Waals surface area contributed by atoms with Crippen LogP contribution in [0.1, 0.15) is 0 Å². The molecule has 0 spiro atoms. The number of hydrogen-bond donors (Lipinski definition) is 2. The van der Waals surface area contributed by atoms with Crippen LogP contribution in [0.5, 0.6) is 0 Å². The van der Waals surface area contributed by atoms with Crippen molar-refractivity contribution in [2.45, 2.75) is 6.04 Å². The normalized spacial score (nSPS) is 20.9. The number of aliphatic imine (C=N–C) groups is 2. The number of aromatic nitrogens is 3. The molecule has 34 heavy (non-hydrogen) atoms. The first-order valence-electron chi connectivity index (χ1n) is 11.1. The summed E-state index contributed by atoms with van der Waals surface area (Å²) in [7, 11) is 1.64. The van der Waals surface area contributed by atoms with E-state index in [4.69, 9.17) is 9.47 Å². The molecule has 0 saturated carbocycles. The molecule has 176 valence electrons. The van der Waals surface area contributed by atoms with Crippen LogP contribution in [0.25, 0.3) is 5.69 Å². The van der Waals surface area contributed by atoms with Crippen LogP contribution < -0.4 is 15.6 Å². The summed E-state index contributed by atoms with van der Waals surface area (Å²) in [5.74, 6) is 1.37. The molecule has 0 bridgehead atoms. The zero-order valence-electron chi connectivity index (χ0n) is 18.9. The molecular formula is C22H26N10O2.